The minimum Gasteiger partial charge on any atom is -0.396 e. The molecule has 100 valence electrons. The summed E-state index contributed by atoms with van der Waals surface area (Å²) >= 11 is 0. The summed E-state index contributed by atoms with van der Waals surface area (Å²) in [5.74, 6) is -0.127. The number of nitrogens with zero attached hydrogens (tertiary/aromatic N) is 3. The number of anilines is 1. The van der Waals surface area contributed by atoms with Crippen molar-refractivity contribution in [3.63, 3.8) is 0 Å². The number of hydrogen-bond donors (Lipinski definition) is 1. The molecule has 0 aliphatic rings. The molecule has 0 saturated carbocycles. The van der Waals surface area contributed by atoms with E-state index in [1.165, 1.54) is 16.4 Å². The summed E-state index contributed by atoms with van der Waals surface area (Å²) < 4.78 is 1.50. The second-order valence-corrected chi connectivity index (χ2v) is 4.72. The fraction of sp³-hybridized carbons (Fsp3) is 0.286. The third-order valence-corrected chi connectivity index (χ3v) is 3.06. The van der Waals surface area contributed by atoms with E-state index in [0.717, 1.165) is 5.56 Å². The summed E-state index contributed by atoms with van der Waals surface area (Å²) in [6, 6.07) is 8.11. The van der Waals surface area contributed by atoms with E-state index in [-0.39, 0.29) is 5.91 Å². The average Bonchev–Trinajstić information content (AvgIpc) is 2.71. The molecule has 0 bridgehead atoms. The van der Waals surface area contributed by atoms with Gasteiger partial charge in [0.1, 0.15) is 5.69 Å². The number of nitrogens with two attached hydrogens (primary N) is 1. The Kier molecular flexibility index (Phi) is 3.55. The SMILES string of the molecule is Cc1ccc(CN(C)C(=O)c2c(N)cnn2C)cc1. The summed E-state index contributed by atoms with van der Waals surface area (Å²) in [6.45, 7) is 2.58. The van der Waals surface area contributed by atoms with E-state index < -0.39 is 0 Å². The topological polar surface area (TPSA) is 64.2 Å². The van der Waals surface area contributed by atoms with Crippen molar-refractivity contribution < 1.29 is 4.79 Å². The first-order valence-corrected chi connectivity index (χ1v) is 6.07. The lowest BCUT2D eigenvalue weighted by atomic mass is 10.1. The van der Waals surface area contributed by atoms with Crippen molar-refractivity contribution in [3.05, 3.63) is 47.3 Å². The number of amides is 1. The molecule has 2 N–H and O–H groups in total. The lowest BCUT2D eigenvalue weighted by molar-refractivity contribution is 0.0775. The number of rotatable bonds is 3. The summed E-state index contributed by atoms with van der Waals surface area (Å²) in [4.78, 5) is 13.9. The fourth-order valence-corrected chi connectivity index (χ4v) is 1.94. The third kappa shape index (κ3) is 2.76. The van der Waals surface area contributed by atoms with E-state index in [4.69, 9.17) is 5.73 Å². The van der Waals surface area contributed by atoms with Gasteiger partial charge in [-0.3, -0.25) is 9.48 Å². The van der Waals surface area contributed by atoms with Crippen LogP contribution < -0.4 is 5.73 Å². The van der Waals surface area contributed by atoms with Crippen LogP contribution in [0.3, 0.4) is 0 Å². The first-order chi connectivity index (χ1) is 8.99. The molecule has 0 aliphatic carbocycles. The van der Waals surface area contributed by atoms with Gasteiger partial charge in [-0.15, -0.1) is 0 Å². The minimum absolute atomic E-state index is 0.127. The molecule has 1 aromatic heterocycles. The van der Waals surface area contributed by atoms with Gasteiger partial charge in [0, 0.05) is 20.6 Å². The molecule has 1 aromatic carbocycles. The Morgan fingerprint density at radius 3 is 2.53 bits per heavy atom. The number of benzene rings is 1. The van der Waals surface area contributed by atoms with Crippen LogP contribution in [0.5, 0.6) is 0 Å². The number of carbonyl (C=O) groups excluding carboxylic acids is 1. The molecular weight excluding hydrogens is 240 g/mol. The molecule has 2 rings (SSSR count). The molecule has 0 atom stereocenters. The van der Waals surface area contributed by atoms with E-state index >= 15 is 0 Å². The quantitative estimate of drug-likeness (QED) is 0.909. The Morgan fingerprint density at radius 1 is 1.37 bits per heavy atom. The standard InChI is InChI=1S/C14H18N4O/c1-10-4-6-11(7-5-10)9-17(2)14(19)13-12(15)8-16-18(13)3/h4-8H,9,15H2,1-3H3. The molecule has 0 spiro atoms. The monoisotopic (exact) mass is 258 g/mol. The van der Waals surface area contributed by atoms with Crippen LogP contribution in [0.15, 0.2) is 30.5 Å². The van der Waals surface area contributed by atoms with Gasteiger partial charge in [-0.05, 0) is 12.5 Å². The van der Waals surface area contributed by atoms with E-state index in [0.29, 0.717) is 17.9 Å². The number of hydrogen-bond acceptors (Lipinski definition) is 3. The largest absolute Gasteiger partial charge is 0.396 e. The number of carbonyl (C=O) groups is 1. The smallest absolute Gasteiger partial charge is 0.274 e. The lowest BCUT2D eigenvalue weighted by Gasteiger charge is -2.17. The molecule has 5 nitrogen and oxygen atoms in total. The molecule has 2 aromatic rings. The highest BCUT2D eigenvalue weighted by molar-refractivity contribution is 5.97. The van der Waals surface area contributed by atoms with Gasteiger partial charge in [-0.25, -0.2) is 0 Å². The first-order valence-electron chi connectivity index (χ1n) is 6.07. The highest BCUT2D eigenvalue weighted by Gasteiger charge is 2.19. The van der Waals surface area contributed by atoms with E-state index in [1.54, 1.807) is 19.0 Å². The Hall–Kier alpha value is -2.30. The molecular formula is C14H18N4O. The maximum absolute atomic E-state index is 12.3. The number of nitrogen functional groups attached to an aromatic ring is 1. The molecule has 0 radical (unpaired) electrons. The lowest BCUT2D eigenvalue weighted by Crippen LogP contribution is -2.28. The Bertz CT molecular complexity index is 566. The van der Waals surface area contributed by atoms with Gasteiger partial charge < -0.3 is 10.6 Å². The van der Waals surface area contributed by atoms with Crippen molar-refractivity contribution in [2.24, 2.45) is 7.05 Å². The zero-order valence-corrected chi connectivity index (χ0v) is 11.4. The highest BCUT2D eigenvalue weighted by atomic mass is 16.2. The second kappa shape index (κ2) is 5.14. The normalized spacial score (nSPS) is 10.5. The van der Waals surface area contributed by atoms with Crippen molar-refractivity contribution in [1.29, 1.82) is 0 Å². The van der Waals surface area contributed by atoms with Crippen LogP contribution in [0.1, 0.15) is 21.6 Å². The van der Waals surface area contributed by atoms with Crippen LogP contribution >= 0.6 is 0 Å². The molecule has 0 unspecified atom stereocenters. The molecule has 1 amide bonds. The van der Waals surface area contributed by atoms with Gasteiger partial charge in [0.25, 0.3) is 5.91 Å². The van der Waals surface area contributed by atoms with Crippen molar-refractivity contribution in [2.75, 3.05) is 12.8 Å². The van der Waals surface area contributed by atoms with Crippen molar-refractivity contribution >= 4 is 11.6 Å². The molecule has 19 heavy (non-hydrogen) atoms. The number of aromatic nitrogens is 2. The van der Waals surface area contributed by atoms with E-state index in [1.807, 2.05) is 31.2 Å². The van der Waals surface area contributed by atoms with Crippen molar-refractivity contribution in [2.45, 2.75) is 13.5 Å². The number of aryl methyl sites for hydroxylation is 2. The Labute approximate surface area is 112 Å². The van der Waals surface area contributed by atoms with Gasteiger partial charge in [-0.2, -0.15) is 5.10 Å². The molecule has 0 aliphatic heterocycles. The average molecular weight is 258 g/mol. The van der Waals surface area contributed by atoms with Crippen LogP contribution in [-0.2, 0) is 13.6 Å². The van der Waals surface area contributed by atoms with Gasteiger partial charge in [-0.1, -0.05) is 29.8 Å². The minimum atomic E-state index is -0.127. The summed E-state index contributed by atoms with van der Waals surface area (Å²) in [6.07, 6.45) is 1.49. The van der Waals surface area contributed by atoms with Crippen LogP contribution in [0.2, 0.25) is 0 Å². The van der Waals surface area contributed by atoms with Crippen molar-refractivity contribution in [1.82, 2.24) is 14.7 Å². The summed E-state index contributed by atoms with van der Waals surface area (Å²) in [5.41, 5.74) is 8.88. The van der Waals surface area contributed by atoms with Gasteiger partial charge in [0.2, 0.25) is 0 Å². The van der Waals surface area contributed by atoms with Crippen LogP contribution in [0, 0.1) is 6.92 Å². The van der Waals surface area contributed by atoms with Crippen LogP contribution in [-0.4, -0.2) is 27.6 Å². The Morgan fingerprint density at radius 2 is 2.00 bits per heavy atom. The Balaban J connectivity index is 2.14. The van der Waals surface area contributed by atoms with E-state index in [9.17, 15) is 4.79 Å². The highest BCUT2D eigenvalue weighted by Crippen LogP contribution is 2.14. The maximum Gasteiger partial charge on any atom is 0.274 e. The van der Waals surface area contributed by atoms with Gasteiger partial charge in [0.05, 0.1) is 11.9 Å². The predicted octanol–water partition coefficient (Wildman–Crippen LogP) is 1.58. The molecule has 0 fully saturated rings. The van der Waals surface area contributed by atoms with E-state index in [2.05, 4.69) is 5.10 Å². The zero-order chi connectivity index (χ0) is 14.0. The van der Waals surface area contributed by atoms with Crippen LogP contribution in [0.4, 0.5) is 5.69 Å². The van der Waals surface area contributed by atoms with Crippen LogP contribution in [0.25, 0.3) is 0 Å². The molecule has 1 heterocycles. The van der Waals surface area contributed by atoms with Gasteiger partial charge in [0.15, 0.2) is 0 Å². The zero-order valence-electron chi connectivity index (χ0n) is 11.4. The maximum atomic E-state index is 12.3. The van der Waals surface area contributed by atoms with Crippen molar-refractivity contribution in [3.8, 4) is 0 Å². The molecule has 0 saturated heterocycles. The predicted molar refractivity (Wildman–Crippen MR) is 74.6 cm³/mol. The fourth-order valence-electron chi connectivity index (χ4n) is 1.94. The first kappa shape index (κ1) is 13.1. The van der Waals surface area contributed by atoms with Gasteiger partial charge >= 0.3 is 0 Å². The summed E-state index contributed by atoms with van der Waals surface area (Å²) in [7, 11) is 3.47. The summed E-state index contributed by atoms with van der Waals surface area (Å²) in [5, 5.41) is 3.98. The molecule has 5 heteroatoms. The second-order valence-electron chi connectivity index (χ2n) is 4.72. The third-order valence-electron chi connectivity index (χ3n) is 3.06.